The zero-order valence-corrected chi connectivity index (χ0v) is 9.73. The SMILES string of the molecule is CC.Cc1ccc(N2C(=O)C=CC2=O)cc1. The molecule has 0 saturated heterocycles. The number of rotatable bonds is 1. The summed E-state index contributed by atoms with van der Waals surface area (Å²) >= 11 is 0. The van der Waals surface area contributed by atoms with Crippen molar-refractivity contribution in [2.45, 2.75) is 20.8 Å². The van der Waals surface area contributed by atoms with Gasteiger partial charge >= 0.3 is 0 Å². The third-order valence-corrected chi connectivity index (χ3v) is 2.10. The van der Waals surface area contributed by atoms with Gasteiger partial charge in [0.15, 0.2) is 0 Å². The number of hydrogen-bond donors (Lipinski definition) is 0. The molecule has 1 aromatic rings. The van der Waals surface area contributed by atoms with E-state index >= 15 is 0 Å². The Bertz CT molecular complexity index is 400. The second-order valence-electron chi connectivity index (χ2n) is 3.18. The molecule has 0 aromatic heterocycles. The molecule has 0 aliphatic carbocycles. The largest absolute Gasteiger partial charge is 0.269 e. The quantitative estimate of drug-likeness (QED) is 0.677. The minimum atomic E-state index is -0.279. The molecule has 0 unspecified atom stereocenters. The molecule has 2 amide bonds. The maximum atomic E-state index is 11.3. The van der Waals surface area contributed by atoms with Crippen molar-refractivity contribution >= 4 is 17.5 Å². The molecular weight excluding hydrogens is 202 g/mol. The Morgan fingerprint density at radius 2 is 1.31 bits per heavy atom. The van der Waals surface area contributed by atoms with Crippen LogP contribution in [0.3, 0.4) is 0 Å². The highest BCUT2D eigenvalue weighted by Gasteiger charge is 2.24. The summed E-state index contributed by atoms with van der Waals surface area (Å²) < 4.78 is 0. The number of amides is 2. The van der Waals surface area contributed by atoms with E-state index in [2.05, 4.69) is 0 Å². The standard InChI is InChI=1S/C11H9NO2.C2H6/c1-8-2-4-9(5-3-8)12-10(13)6-7-11(12)14;1-2/h2-7H,1H3;1-2H3. The summed E-state index contributed by atoms with van der Waals surface area (Å²) in [7, 11) is 0. The average molecular weight is 217 g/mol. The fraction of sp³-hybridized carbons (Fsp3) is 0.231. The fourth-order valence-corrected chi connectivity index (χ4v) is 1.35. The minimum Gasteiger partial charge on any atom is -0.269 e. The number of anilines is 1. The summed E-state index contributed by atoms with van der Waals surface area (Å²) in [5.74, 6) is -0.558. The van der Waals surface area contributed by atoms with Crippen molar-refractivity contribution in [2.24, 2.45) is 0 Å². The topological polar surface area (TPSA) is 37.4 Å². The van der Waals surface area contributed by atoms with E-state index in [9.17, 15) is 9.59 Å². The molecule has 3 nitrogen and oxygen atoms in total. The van der Waals surface area contributed by atoms with Crippen LogP contribution in [-0.4, -0.2) is 11.8 Å². The first-order chi connectivity index (χ1) is 7.68. The van der Waals surface area contributed by atoms with Crippen LogP contribution in [0.5, 0.6) is 0 Å². The van der Waals surface area contributed by atoms with E-state index in [0.717, 1.165) is 10.5 Å². The first-order valence-electron chi connectivity index (χ1n) is 5.31. The van der Waals surface area contributed by atoms with E-state index < -0.39 is 0 Å². The van der Waals surface area contributed by atoms with E-state index in [1.807, 2.05) is 32.9 Å². The first kappa shape index (κ1) is 12.2. The summed E-state index contributed by atoms with van der Waals surface area (Å²) in [5.41, 5.74) is 1.72. The van der Waals surface area contributed by atoms with E-state index in [0.29, 0.717) is 5.69 Å². The van der Waals surface area contributed by atoms with Crippen molar-refractivity contribution in [1.82, 2.24) is 0 Å². The van der Waals surface area contributed by atoms with E-state index in [-0.39, 0.29) is 11.8 Å². The Labute approximate surface area is 95.4 Å². The van der Waals surface area contributed by atoms with Gasteiger partial charge in [-0.15, -0.1) is 0 Å². The molecule has 0 radical (unpaired) electrons. The minimum absolute atomic E-state index is 0.279. The third-order valence-electron chi connectivity index (χ3n) is 2.10. The molecule has 1 heterocycles. The second kappa shape index (κ2) is 5.26. The van der Waals surface area contributed by atoms with Gasteiger partial charge < -0.3 is 0 Å². The van der Waals surface area contributed by atoms with Crippen LogP contribution in [-0.2, 0) is 9.59 Å². The van der Waals surface area contributed by atoms with Crippen molar-refractivity contribution in [2.75, 3.05) is 4.90 Å². The first-order valence-corrected chi connectivity index (χ1v) is 5.31. The van der Waals surface area contributed by atoms with Crippen molar-refractivity contribution in [3.8, 4) is 0 Å². The molecule has 0 spiro atoms. The molecule has 1 aromatic carbocycles. The highest BCUT2D eigenvalue weighted by Crippen LogP contribution is 2.18. The molecule has 16 heavy (non-hydrogen) atoms. The fourth-order valence-electron chi connectivity index (χ4n) is 1.35. The Morgan fingerprint density at radius 3 is 1.75 bits per heavy atom. The van der Waals surface area contributed by atoms with Crippen molar-refractivity contribution in [3.63, 3.8) is 0 Å². The third kappa shape index (κ3) is 2.37. The number of aryl methyl sites for hydroxylation is 1. The van der Waals surface area contributed by atoms with Gasteiger partial charge in [0.25, 0.3) is 11.8 Å². The lowest BCUT2D eigenvalue weighted by atomic mass is 10.2. The summed E-state index contributed by atoms with van der Waals surface area (Å²) in [6, 6.07) is 7.26. The molecule has 0 fully saturated rings. The monoisotopic (exact) mass is 217 g/mol. The van der Waals surface area contributed by atoms with Gasteiger partial charge in [-0.25, -0.2) is 4.90 Å². The van der Waals surface area contributed by atoms with Crippen LogP contribution in [0.4, 0.5) is 5.69 Å². The Morgan fingerprint density at radius 1 is 0.875 bits per heavy atom. The lowest BCUT2D eigenvalue weighted by Crippen LogP contribution is -2.29. The molecule has 0 saturated carbocycles. The molecule has 2 rings (SSSR count). The van der Waals surface area contributed by atoms with Crippen LogP contribution in [0.1, 0.15) is 19.4 Å². The average Bonchev–Trinajstić information content (AvgIpc) is 2.63. The highest BCUT2D eigenvalue weighted by atomic mass is 16.2. The van der Waals surface area contributed by atoms with Crippen molar-refractivity contribution < 1.29 is 9.59 Å². The van der Waals surface area contributed by atoms with Crippen molar-refractivity contribution in [1.29, 1.82) is 0 Å². The van der Waals surface area contributed by atoms with Crippen LogP contribution in [0.2, 0.25) is 0 Å². The van der Waals surface area contributed by atoms with Gasteiger partial charge in [-0.3, -0.25) is 9.59 Å². The number of imide groups is 1. The number of nitrogens with zero attached hydrogens (tertiary/aromatic N) is 1. The smallest absolute Gasteiger partial charge is 0.258 e. The van der Waals surface area contributed by atoms with E-state index in [4.69, 9.17) is 0 Å². The maximum absolute atomic E-state index is 11.3. The summed E-state index contributed by atoms with van der Waals surface area (Å²) in [6.07, 6.45) is 2.56. The normalized spacial score (nSPS) is 13.8. The van der Waals surface area contributed by atoms with Gasteiger partial charge in [0.2, 0.25) is 0 Å². The molecule has 0 atom stereocenters. The molecule has 1 aliphatic rings. The van der Waals surface area contributed by atoms with Gasteiger partial charge in [-0.2, -0.15) is 0 Å². The molecule has 3 heteroatoms. The highest BCUT2D eigenvalue weighted by molar-refractivity contribution is 6.28. The van der Waals surface area contributed by atoms with Gasteiger partial charge in [0.05, 0.1) is 5.69 Å². The van der Waals surface area contributed by atoms with Crippen LogP contribution in [0.25, 0.3) is 0 Å². The maximum Gasteiger partial charge on any atom is 0.258 e. The molecule has 0 bridgehead atoms. The van der Waals surface area contributed by atoms with Gasteiger partial charge in [0, 0.05) is 12.2 Å². The lowest BCUT2D eigenvalue weighted by molar-refractivity contribution is -0.119. The van der Waals surface area contributed by atoms with Crippen molar-refractivity contribution in [3.05, 3.63) is 42.0 Å². The number of hydrogen-bond acceptors (Lipinski definition) is 2. The number of benzene rings is 1. The molecular formula is C13H15NO2. The molecule has 84 valence electrons. The van der Waals surface area contributed by atoms with Crippen LogP contribution < -0.4 is 4.90 Å². The zero-order chi connectivity index (χ0) is 12.1. The van der Waals surface area contributed by atoms with E-state index in [1.54, 1.807) is 12.1 Å². The number of carbonyl (C=O) groups excluding carboxylic acids is 2. The summed E-state index contributed by atoms with van der Waals surface area (Å²) in [5, 5.41) is 0. The lowest BCUT2D eigenvalue weighted by Gasteiger charge is -2.13. The predicted molar refractivity (Wildman–Crippen MR) is 64.2 cm³/mol. The van der Waals surface area contributed by atoms with Gasteiger partial charge in [-0.05, 0) is 19.1 Å². The Kier molecular flexibility index (Phi) is 4.00. The van der Waals surface area contributed by atoms with Crippen LogP contribution in [0, 0.1) is 6.92 Å². The summed E-state index contributed by atoms with van der Waals surface area (Å²) in [6.45, 7) is 5.95. The Hall–Kier alpha value is -1.90. The van der Waals surface area contributed by atoms with Crippen LogP contribution >= 0.6 is 0 Å². The second-order valence-corrected chi connectivity index (χ2v) is 3.18. The Balaban J connectivity index is 0.000000606. The van der Waals surface area contributed by atoms with Gasteiger partial charge in [-0.1, -0.05) is 31.5 Å². The van der Waals surface area contributed by atoms with Crippen LogP contribution in [0.15, 0.2) is 36.4 Å². The molecule has 0 N–H and O–H groups in total. The van der Waals surface area contributed by atoms with E-state index in [1.165, 1.54) is 12.2 Å². The van der Waals surface area contributed by atoms with Gasteiger partial charge in [0.1, 0.15) is 0 Å². The summed E-state index contributed by atoms with van der Waals surface area (Å²) in [4.78, 5) is 23.7. The zero-order valence-electron chi connectivity index (χ0n) is 9.73. The predicted octanol–water partition coefficient (Wildman–Crippen LogP) is 2.45. The molecule has 1 aliphatic heterocycles. The number of carbonyl (C=O) groups is 2.